The number of phenols is 1. The smallest absolute Gasteiger partial charge is 0.273 e. The van der Waals surface area contributed by atoms with Crippen LogP contribution < -0.4 is 10.9 Å². The lowest BCUT2D eigenvalue weighted by Gasteiger charge is -2.06. The molecule has 0 spiro atoms. The van der Waals surface area contributed by atoms with E-state index in [-0.39, 0.29) is 11.3 Å². The van der Waals surface area contributed by atoms with Crippen LogP contribution in [0.15, 0.2) is 65.5 Å². The Balaban J connectivity index is 1.94. The first-order valence-corrected chi connectivity index (χ1v) is 6.16. The van der Waals surface area contributed by atoms with Crippen LogP contribution >= 0.6 is 0 Å². The molecule has 5 nitrogen and oxygen atoms in total. The summed E-state index contributed by atoms with van der Waals surface area (Å²) in [6, 6.07) is 17.6. The highest BCUT2D eigenvalue weighted by atomic mass is 16.3. The predicted octanol–water partition coefficient (Wildman–Crippen LogP) is 2.61. The zero-order valence-corrected chi connectivity index (χ0v) is 10.6. The van der Waals surface area contributed by atoms with Gasteiger partial charge in [-0.25, -0.2) is 4.68 Å². The molecule has 0 bridgehead atoms. The van der Waals surface area contributed by atoms with Gasteiger partial charge in [-0.15, -0.1) is 0 Å². The number of H-pyrrole nitrogens is 1. The number of aromatic nitrogens is 2. The maximum Gasteiger partial charge on any atom is 0.273 e. The quantitative estimate of drug-likeness (QED) is 0.639. The largest absolute Gasteiger partial charge is 0.506 e. The number of aromatic amines is 1. The fourth-order valence-corrected chi connectivity index (χ4v) is 1.95. The summed E-state index contributed by atoms with van der Waals surface area (Å²) in [5, 5.41) is 15.6. The summed E-state index contributed by atoms with van der Waals surface area (Å²) in [7, 11) is 0. The molecule has 0 aliphatic carbocycles. The minimum Gasteiger partial charge on any atom is -0.506 e. The lowest BCUT2D eigenvalue weighted by molar-refractivity contribution is 0.477. The van der Waals surface area contributed by atoms with Gasteiger partial charge in [0.25, 0.3) is 5.56 Å². The van der Waals surface area contributed by atoms with Crippen LogP contribution in [0.1, 0.15) is 0 Å². The van der Waals surface area contributed by atoms with Gasteiger partial charge in [0.2, 0.25) is 0 Å². The van der Waals surface area contributed by atoms with E-state index in [0.29, 0.717) is 11.5 Å². The van der Waals surface area contributed by atoms with E-state index in [1.165, 1.54) is 10.7 Å². The highest BCUT2D eigenvalue weighted by Gasteiger charge is 2.06. The second-order valence-corrected chi connectivity index (χ2v) is 4.32. The fourth-order valence-electron chi connectivity index (χ4n) is 1.95. The number of para-hydroxylation sites is 3. The van der Waals surface area contributed by atoms with Crippen molar-refractivity contribution in [2.24, 2.45) is 0 Å². The van der Waals surface area contributed by atoms with Crippen molar-refractivity contribution in [1.29, 1.82) is 0 Å². The topological polar surface area (TPSA) is 70.1 Å². The van der Waals surface area contributed by atoms with Crippen LogP contribution in [-0.2, 0) is 0 Å². The SMILES string of the molecule is O=c1cc(Nc2ccccc2O)[nH]n1-c1ccccc1. The monoisotopic (exact) mass is 267 g/mol. The summed E-state index contributed by atoms with van der Waals surface area (Å²) in [6.45, 7) is 0. The summed E-state index contributed by atoms with van der Waals surface area (Å²) in [4.78, 5) is 11.9. The summed E-state index contributed by atoms with van der Waals surface area (Å²) in [5.41, 5.74) is 1.12. The minimum atomic E-state index is -0.172. The van der Waals surface area contributed by atoms with E-state index < -0.39 is 0 Å². The Labute approximate surface area is 115 Å². The molecule has 1 heterocycles. The Morgan fingerprint density at radius 1 is 1.00 bits per heavy atom. The van der Waals surface area contributed by atoms with Crippen molar-refractivity contribution in [3.63, 3.8) is 0 Å². The van der Waals surface area contributed by atoms with Crippen LogP contribution in [0.4, 0.5) is 11.5 Å². The highest BCUT2D eigenvalue weighted by molar-refractivity contribution is 5.63. The van der Waals surface area contributed by atoms with Crippen LogP contribution in [0.3, 0.4) is 0 Å². The van der Waals surface area contributed by atoms with Gasteiger partial charge in [-0.2, -0.15) is 0 Å². The average molecular weight is 267 g/mol. The zero-order chi connectivity index (χ0) is 13.9. The molecule has 0 aliphatic heterocycles. The molecule has 0 fully saturated rings. The molecule has 0 radical (unpaired) electrons. The van der Waals surface area contributed by atoms with Gasteiger partial charge in [-0.3, -0.25) is 9.89 Å². The summed E-state index contributed by atoms with van der Waals surface area (Å²) < 4.78 is 1.43. The number of phenolic OH excluding ortho intramolecular Hbond substituents is 1. The Morgan fingerprint density at radius 3 is 2.45 bits per heavy atom. The third kappa shape index (κ3) is 2.29. The molecule has 0 unspecified atom stereocenters. The molecule has 20 heavy (non-hydrogen) atoms. The first kappa shape index (κ1) is 12.1. The van der Waals surface area contributed by atoms with Gasteiger partial charge in [0.1, 0.15) is 11.6 Å². The van der Waals surface area contributed by atoms with Gasteiger partial charge in [0, 0.05) is 6.07 Å². The number of hydrogen-bond donors (Lipinski definition) is 3. The van der Waals surface area contributed by atoms with E-state index in [0.717, 1.165) is 5.69 Å². The second kappa shape index (κ2) is 4.97. The maximum absolute atomic E-state index is 11.9. The van der Waals surface area contributed by atoms with E-state index >= 15 is 0 Å². The van der Waals surface area contributed by atoms with Gasteiger partial charge < -0.3 is 10.4 Å². The Hall–Kier alpha value is -2.95. The van der Waals surface area contributed by atoms with Crippen molar-refractivity contribution in [2.45, 2.75) is 0 Å². The minimum absolute atomic E-state index is 0.126. The van der Waals surface area contributed by atoms with Crippen LogP contribution in [0, 0.1) is 0 Å². The third-order valence-corrected chi connectivity index (χ3v) is 2.91. The Morgan fingerprint density at radius 2 is 1.70 bits per heavy atom. The molecular weight excluding hydrogens is 254 g/mol. The molecule has 100 valence electrons. The van der Waals surface area contributed by atoms with E-state index in [1.54, 1.807) is 24.3 Å². The first-order valence-electron chi connectivity index (χ1n) is 6.16. The molecule has 0 saturated carbocycles. The van der Waals surface area contributed by atoms with E-state index in [2.05, 4.69) is 10.4 Å². The average Bonchev–Trinajstić information content (AvgIpc) is 2.83. The molecule has 3 rings (SSSR count). The van der Waals surface area contributed by atoms with Gasteiger partial charge in [-0.05, 0) is 24.3 Å². The fraction of sp³-hybridized carbons (Fsp3) is 0. The normalized spacial score (nSPS) is 10.4. The zero-order valence-electron chi connectivity index (χ0n) is 10.6. The molecule has 0 aliphatic rings. The molecule has 3 aromatic rings. The number of aromatic hydroxyl groups is 1. The number of hydrogen-bond acceptors (Lipinski definition) is 3. The molecule has 3 N–H and O–H groups in total. The van der Waals surface area contributed by atoms with Crippen LogP contribution in [0.5, 0.6) is 5.75 Å². The molecule has 0 atom stereocenters. The lowest BCUT2D eigenvalue weighted by Crippen LogP contribution is -2.12. The van der Waals surface area contributed by atoms with E-state index in [4.69, 9.17) is 0 Å². The van der Waals surface area contributed by atoms with Crippen molar-refractivity contribution in [3.8, 4) is 11.4 Å². The second-order valence-electron chi connectivity index (χ2n) is 4.32. The Kier molecular flexibility index (Phi) is 3.01. The van der Waals surface area contributed by atoms with Gasteiger partial charge >= 0.3 is 0 Å². The summed E-state index contributed by atoms with van der Waals surface area (Å²) >= 11 is 0. The highest BCUT2D eigenvalue weighted by Crippen LogP contribution is 2.24. The van der Waals surface area contributed by atoms with Gasteiger partial charge in [-0.1, -0.05) is 30.3 Å². The lowest BCUT2D eigenvalue weighted by atomic mass is 10.3. The van der Waals surface area contributed by atoms with Crippen molar-refractivity contribution in [3.05, 3.63) is 71.0 Å². The molecule has 0 saturated heterocycles. The Bertz CT molecular complexity index is 775. The number of benzene rings is 2. The molecule has 2 aromatic carbocycles. The van der Waals surface area contributed by atoms with Crippen molar-refractivity contribution >= 4 is 11.5 Å². The summed E-state index contributed by atoms with van der Waals surface area (Å²) in [5.74, 6) is 0.640. The number of nitrogens with zero attached hydrogens (tertiary/aromatic N) is 1. The van der Waals surface area contributed by atoms with Crippen LogP contribution in [-0.4, -0.2) is 14.9 Å². The van der Waals surface area contributed by atoms with Gasteiger partial charge in [0.15, 0.2) is 0 Å². The van der Waals surface area contributed by atoms with Crippen LogP contribution in [0.2, 0.25) is 0 Å². The van der Waals surface area contributed by atoms with Crippen LogP contribution in [0.25, 0.3) is 5.69 Å². The van der Waals surface area contributed by atoms with Crippen molar-refractivity contribution in [2.75, 3.05) is 5.32 Å². The molecular formula is C15H13N3O2. The predicted molar refractivity (Wildman–Crippen MR) is 77.8 cm³/mol. The number of anilines is 2. The van der Waals surface area contributed by atoms with E-state index in [9.17, 15) is 9.90 Å². The van der Waals surface area contributed by atoms with Gasteiger partial charge in [0.05, 0.1) is 11.4 Å². The first-order chi connectivity index (χ1) is 9.74. The molecule has 5 heteroatoms. The number of nitrogens with one attached hydrogen (secondary N) is 2. The third-order valence-electron chi connectivity index (χ3n) is 2.91. The maximum atomic E-state index is 11.9. The molecule has 1 aromatic heterocycles. The van der Waals surface area contributed by atoms with Crippen molar-refractivity contribution in [1.82, 2.24) is 9.78 Å². The van der Waals surface area contributed by atoms with E-state index in [1.807, 2.05) is 30.3 Å². The van der Waals surface area contributed by atoms with Crippen molar-refractivity contribution < 1.29 is 5.11 Å². The number of rotatable bonds is 3. The molecule has 0 amide bonds. The summed E-state index contributed by atoms with van der Waals surface area (Å²) in [6.07, 6.45) is 0. The standard InChI is InChI=1S/C15H13N3O2/c19-13-9-5-4-8-12(13)16-14-10-15(20)18(17-14)11-6-2-1-3-7-11/h1-10,16-17,19H.